The summed E-state index contributed by atoms with van der Waals surface area (Å²) < 4.78 is 46.3. The highest BCUT2D eigenvalue weighted by Crippen LogP contribution is 2.32. The number of likely N-dealkylation sites (N-methyl/N-ethyl adjacent to an activating group) is 2. The van der Waals surface area contributed by atoms with Crippen LogP contribution in [0.2, 0.25) is 0 Å². The topological polar surface area (TPSA) is 271 Å². The standard InChI is InChI=1S/C46H74N16O8S2/c1-59(2,3)23-9-17-47-41-51-43(55-45(53-41)57-19-25-61(7,26-20-57)29-31-63)49-37-15-13-35(39(33-37)71-70-69-65)11-12-36-14-16-38(34-40(36)72(66,67)68)50-44-52-42(48-18-10-24-60(4,5)6)54-46(56-44)58-21-27-62(8,28-22-58)30-32-64/h11-16,33-34,63-64H,9-10,17-32H2,1-8H3,(H4-2,47,48,49,50,51,52,53,54,55,56,65,66,67,68)/q+2/b12-11+. The molecule has 396 valence electrons. The Balaban J connectivity index is 1.24. The highest BCUT2D eigenvalue weighted by Gasteiger charge is 2.31. The van der Waals surface area contributed by atoms with Gasteiger partial charge < -0.3 is 69.0 Å². The van der Waals surface area contributed by atoms with Crippen LogP contribution >= 0.6 is 12.0 Å². The number of nitrogens with zero attached hydrogens (tertiary/aromatic N) is 12. The lowest BCUT2D eigenvalue weighted by Crippen LogP contribution is -2.58. The van der Waals surface area contributed by atoms with E-state index in [9.17, 15) is 28.4 Å². The van der Waals surface area contributed by atoms with Crippen molar-refractivity contribution in [1.29, 1.82) is 0 Å². The van der Waals surface area contributed by atoms with Gasteiger partial charge in [0.05, 0.1) is 152 Å². The third-order valence-corrected chi connectivity index (χ3v) is 14.3. The van der Waals surface area contributed by atoms with Crippen LogP contribution < -0.4 is 36.3 Å². The summed E-state index contributed by atoms with van der Waals surface area (Å²) in [5, 5.41) is 47.0. The predicted octanol–water partition coefficient (Wildman–Crippen LogP) is 1.38. The van der Waals surface area contributed by atoms with Crippen LogP contribution in [0.25, 0.3) is 12.2 Å². The number of aliphatic hydroxyl groups is 2. The molecule has 2 aromatic heterocycles. The van der Waals surface area contributed by atoms with Gasteiger partial charge in [-0.3, -0.25) is 5.04 Å². The Morgan fingerprint density at radius 1 is 0.681 bits per heavy atom. The molecule has 4 heterocycles. The number of nitrogens with one attached hydrogen (secondary N) is 4. The van der Waals surface area contributed by atoms with Gasteiger partial charge in [-0.1, -0.05) is 24.3 Å². The van der Waals surface area contributed by atoms with Crippen molar-refractivity contribution in [2.24, 2.45) is 0 Å². The molecule has 0 atom stereocenters. The molecule has 6 rings (SSSR count). The Labute approximate surface area is 427 Å². The van der Waals surface area contributed by atoms with E-state index >= 15 is 0 Å². The zero-order valence-corrected chi connectivity index (χ0v) is 44.5. The number of anilines is 8. The van der Waals surface area contributed by atoms with Gasteiger partial charge in [0.2, 0.25) is 35.7 Å². The van der Waals surface area contributed by atoms with Crippen LogP contribution in [-0.4, -0.2) is 232 Å². The molecule has 0 amide bonds. The fourth-order valence-corrected chi connectivity index (χ4v) is 9.50. The Hall–Kier alpha value is -5.10. The molecule has 2 saturated heterocycles. The summed E-state index contributed by atoms with van der Waals surface area (Å²) in [5.74, 6) is 2.13. The zero-order valence-electron chi connectivity index (χ0n) is 42.9. The fraction of sp³-hybridized carbons (Fsp3) is 0.565. The quantitative estimate of drug-likeness (QED) is 0.00986. The lowest BCUT2D eigenvalue weighted by atomic mass is 10.1. The van der Waals surface area contributed by atoms with Gasteiger partial charge in [-0.05, 0) is 35.4 Å². The molecule has 24 nitrogen and oxygen atoms in total. The van der Waals surface area contributed by atoms with Crippen molar-refractivity contribution < 1.29 is 55.7 Å². The molecule has 2 aliphatic heterocycles. The van der Waals surface area contributed by atoms with E-state index in [1.165, 1.54) is 18.2 Å². The Morgan fingerprint density at radius 2 is 1.11 bits per heavy atom. The Kier molecular flexibility index (Phi) is 19.3. The maximum absolute atomic E-state index is 12.8. The molecule has 4 aromatic rings. The van der Waals surface area contributed by atoms with Crippen LogP contribution in [0.15, 0.2) is 46.2 Å². The molecule has 0 saturated carbocycles. The largest absolute Gasteiger partial charge is 0.744 e. The molecule has 6 N–H and O–H groups in total. The highest BCUT2D eigenvalue weighted by molar-refractivity contribution is 7.94. The first kappa shape index (κ1) is 56.2. The van der Waals surface area contributed by atoms with Gasteiger partial charge in [0.1, 0.15) is 23.2 Å². The van der Waals surface area contributed by atoms with E-state index in [2.05, 4.69) is 102 Å². The first-order chi connectivity index (χ1) is 34.0. The molecule has 2 aromatic carbocycles. The first-order valence-electron chi connectivity index (χ1n) is 24.1. The monoisotopic (exact) mass is 1040 g/mol. The highest BCUT2D eigenvalue weighted by atomic mass is 32.2. The number of hydrogen-bond acceptors (Lipinski definition) is 21. The van der Waals surface area contributed by atoms with Crippen LogP contribution in [0.1, 0.15) is 24.0 Å². The molecule has 72 heavy (non-hydrogen) atoms. The summed E-state index contributed by atoms with van der Waals surface area (Å²) in [6.07, 6.45) is 4.82. The van der Waals surface area contributed by atoms with E-state index in [-0.39, 0.29) is 36.4 Å². The number of quaternary nitrogens is 4. The van der Waals surface area contributed by atoms with Gasteiger partial charge in [-0.2, -0.15) is 34.2 Å². The predicted molar refractivity (Wildman–Crippen MR) is 276 cm³/mol. The molecular formula is C46H74N16O8S2+2. The second-order valence-electron chi connectivity index (χ2n) is 20.9. The third kappa shape index (κ3) is 17.3. The second kappa shape index (κ2) is 24.8. The second-order valence-corrected chi connectivity index (χ2v) is 23.0. The molecule has 0 unspecified atom stereocenters. The zero-order chi connectivity index (χ0) is 52.2. The average molecular weight is 1040 g/mol. The lowest BCUT2D eigenvalue weighted by molar-refractivity contribution is -0.910. The SMILES string of the molecule is C[N+](C)(C)CCCNc1nc(Nc2ccc(/C=C/c3ccc(Nc4nc(NCCC[N+](C)(C)C)nc(N5CC[N+](C)(CCO)CC5)n4)cc3S(=O)(=O)[O-])c(SOO[O-])c2)nc(N2CC[N+](C)(CCO)CC2)n1. The molecule has 2 fully saturated rings. The third-order valence-electron chi connectivity index (χ3n) is 12.7. The Bertz CT molecular complexity index is 2550. The van der Waals surface area contributed by atoms with Gasteiger partial charge in [-0.25, -0.2) is 8.42 Å². The van der Waals surface area contributed by atoms with Crippen molar-refractivity contribution in [3.05, 3.63) is 47.5 Å². The molecule has 26 heteroatoms. The summed E-state index contributed by atoms with van der Waals surface area (Å²) in [6.45, 7) is 10.5. The van der Waals surface area contributed by atoms with Crippen molar-refractivity contribution in [2.45, 2.75) is 22.6 Å². The number of aromatic nitrogens is 6. The molecule has 0 spiro atoms. The summed E-state index contributed by atoms with van der Waals surface area (Å²) in [6, 6.07) is 9.51. The minimum atomic E-state index is -5.01. The average Bonchev–Trinajstić information content (AvgIpc) is 3.30. The Morgan fingerprint density at radius 3 is 1.54 bits per heavy atom. The van der Waals surface area contributed by atoms with Crippen LogP contribution in [0.3, 0.4) is 0 Å². The van der Waals surface area contributed by atoms with Gasteiger partial charge in [0, 0.05) is 42.2 Å². The van der Waals surface area contributed by atoms with E-state index in [0.29, 0.717) is 104 Å². The normalized spacial score (nSPS) is 16.3. The molecule has 0 radical (unpaired) electrons. The summed E-state index contributed by atoms with van der Waals surface area (Å²) in [4.78, 5) is 32.4. The van der Waals surface area contributed by atoms with Crippen molar-refractivity contribution in [2.75, 3.05) is 192 Å². The maximum atomic E-state index is 12.8. The summed E-state index contributed by atoms with van der Waals surface area (Å²) in [5.41, 5.74) is 1.40. The fourth-order valence-electron chi connectivity index (χ4n) is 8.29. The van der Waals surface area contributed by atoms with E-state index in [1.54, 1.807) is 30.3 Å². The maximum Gasteiger partial charge on any atom is 0.233 e. The molecule has 0 aliphatic carbocycles. The van der Waals surface area contributed by atoms with Crippen molar-refractivity contribution in [1.82, 2.24) is 29.9 Å². The minimum Gasteiger partial charge on any atom is -0.744 e. The number of aliphatic hydroxyl groups excluding tert-OH is 2. The number of piperazine rings is 2. The van der Waals surface area contributed by atoms with Gasteiger partial charge in [0.25, 0.3) is 0 Å². The molecular weight excluding hydrogens is 969 g/mol. The van der Waals surface area contributed by atoms with Crippen molar-refractivity contribution in [3.63, 3.8) is 0 Å². The van der Waals surface area contributed by atoms with Crippen molar-refractivity contribution >= 4 is 81.4 Å². The number of hydrogen-bond donors (Lipinski definition) is 6. The molecule has 2 aliphatic rings. The van der Waals surface area contributed by atoms with E-state index in [4.69, 9.17) is 24.3 Å². The number of benzene rings is 2. The summed E-state index contributed by atoms with van der Waals surface area (Å²) in [7, 11) is 12.0. The van der Waals surface area contributed by atoms with E-state index in [1.807, 2.05) is 0 Å². The van der Waals surface area contributed by atoms with E-state index in [0.717, 1.165) is 70.0 Å². The summed E-state index contributed by atoms with van der Waals surface area (Å²) >= 11 is 0.640. The first-order valence-corrected chi connectivity index (χ1v) is 26.3. The van der Waals surface area contributed by atoms with Gasteiger partial charge >= 0.3 is 0 Å². The molecule has 0 bridgehead atoms. The van der Waals surface area contributed by atoms with E-state index < -0.39 is 15.0 Å². The van der Waals surface area contributed by atoms with Gasteiger partial charge in [0.15, 0.2) is 0 Å². The van der Waals surface area contributed by atoms with Crippen LogP contribution in [0.5, 0.6) is 0 Å². The lowest BCUT2D eigenvalue weighted by Gasteiger charge is -2.41. The van der Waals surface area contributed by atoms with Crippen molar-refractivity contribution in [3.8, 4) is 0 Å². The van der Waals surface area contributed by atoms with Crippen LogP contribution in [0, 0.1) is 0 Å². The van der Waals surface area contributed by atoms with Gasteiger partial charge in [-0.15, -0.1) is 0 Å². The van der Waals surface area contributed by atoms with Crippen LogP contribution in [-0.2, 0) is 19.5 Å². The number of rotatable bonds is 26. The minimum absolute atomic E-state index is 0.0979. The smallest absolute Gasteiger partial charge is 0.233 e. The van der Waals surface area contributed by atoms with Crippen LogP contribution in [0.4, 0.5) is 47.1 Å².